The van der Waals surface area contributed by atoms with Crippen molar-refractivity contribution in [2.75, 3.05) is 0 Å². The minimum atomic E-state index is 0.322. The van der Waals surface area contributed by atoms with E-state index in [4.69, 9.17) is 10.4 Å². The quantitative estimate of drug-likeness (QED) is 0.704. The number of phenols is 1. The first-order valence-electron chi connectivity index (χ1n) is 4.43. The molecular weight excluding hydrogens is 186 g/mol. The predicted molar refractivity (Wildman–Crippen MR) is 58.1 cm³/mol. The maximum Gasteiger partial charge on any atom is 0.115 e. The molecule has 0 unspecified atom stereocenters. The van der Waals surface area contributed by atoms with Gasteiger partial charge in [0, 0.05) is 0 Å². The molecule has 0 aliphatic rings. The van der Waals surface area contributed by atoms with Gasteiger partial charge in [0.1, 0.15) is 5.75 Å². The SMILES string of the molecule is N#Cc1cc[c]cc1.Oc1ccccc1. The molecule has 2 aromatic rings. The lowest BCUT2D eigenvalue weighted by Crippen LogP contribution is -1.66. The topological polar surface area (TPSA) is 44.0 Å². The second kappa shape index (κ2) is 6.22. The van der Waals surface area contributed by atoms with Gasteiger partial charge in [0.2, 0.25) is 0 Å². The van der Waals surface area contributed by atoms with Crippen molar-refractivity contribution >= 4 is 0 Å². The van der Waals surface area contributed by atoms with Crippen molar-refractivity contribution in [1.29, 1.82) is 5.26 Å². The zero-order valence-corrected chi connectivity index (χ0v) is 8.09. The highest BCUT2D eigenvalue weighted by Crippen LogP contribution is 2.02. The summed E-state index contributed by atoms with van der Waals surface area (Å²) in [5, 5.41) is 16.9. The number of para-hydroxylation sites is 1. The van der Waals surface area contributed by atoms with Gasteiger partial charge in [-0.05, 0) is 30.3 Å². The minimum absolute atomic E-state index is 0.322. The Morgan fingerprint density at radius 1 is 1.00 bits per heavy atom. The van der Waals surface area contributed by atoms with Gasteiger partial charge in [0.25, 0.3) is 0 Å². The van der Waals surface area contributed by atoms with Crippen LogP contribution in [0.1, 0.15) is 5.56 Å². The molecule has 0 saturated heterocycles. The number of aromatic hydroxyl groups is 1. The Balaban J connectivity index is 0.000000151. The number of hydrogen-bond acceptors (Lipinski definition) is 2. The van der Waals surface area contributed by atoms with Crippen molar-refractivity contribution in [3.05, 3.63) is 66.2 Å². The smallest absolute Gasteiger partial charge is 0.115 e. The van der Waals surface area contributed by atoms with Crippen LogP contribution >= 0.6 is 0 Å². The van der Waals surface area contributed by atoms with Crippen LogP contribution in [0.4, 0.5) is 0 Å². The largest absolute Gasteiger partial charge is 0.508 e. The van der Waals surface area contributed by atoms with Gasteiger partial charge in [-0.15, -0.1) is 0 Å². The fraction of sp³-hybridized carbons (Fsp3) is 0. The third-order valence-corrected chi connectivity index (χ3v) is 1.60. The Morgan fingerprint density at radius 2 is 1.60 bits per heavy atom. The molecular formula is C13H10NO. The van der Waals surface area contributed by atoms with Crippen molar-refractivity contribution < 1.29 is 5.11 Å². The molecule has 0 fully saturated rings. The van der Waals surface area contributed by atoms with E-state index in [1.54, 1.807) is 48.5 Å². The first-order chi connectivity index (χ1) is 7.33. The fourth-order valence-corrected chi connectivity index (χ4v) is 0.889. The molecule has 0 spiro atoms. The molecule has 0 aliphatic heterocycles. The lowest BCUT2D eigenvalue weighted by molar-refractivity contribution is 0.475. The fourth-order valence-electron chi connectivity index (χ4n) is 0.889. The molecule has 2 heteroatoms. The second-order valence-corrected chi connectivity index (χ2v) is 2.74. The van der Waals surface area contributed by atoms with E-state index in [0.29, 0.717) is 11.3 Å². The number of phenolic OH excluding ortho intramolecular Hbond substituents is 1. The number of nitrogens with zero attached hydrogens (tertiary/aromatic N) is 1. The molecule has 1 radical (unpaired) electrons. The molecule has 0 bridgehead atoms. The van der Waals surface area contributed by atoms with E-state index >= 15 is 0 Å². The normalized spacial score (nSPS) is 8.20. The van der Waals surface area contributed by atoms with Gasteiger partial charge < -0.3 is 5.11 Å². The van der Waals surface area contributed by atoms with Crippen LogP contribution in [0.25, 0.3) is 0 Å². The van der Waals surface area contributed by atoms with Crippen molar-refractivity contribution in [2.45, 2.75) is 0 Å². The number of nitriles is 1. The van der Waals surface area contributed by atoms with Crippen molar-refractivity contribution in [3.63, 3.8) is 0 Å². The van der Waals surface area contributed by atoms with E-state index in [9.17, 15) is 0 Å². The highest BCUT2D eigenvalue weighted by atomic mass is 16.3. The standard InChI is InChI=1S/C7H4N.C6H6O/c8-6-7-4-2-1-3-5-7;7-6-4-2-1-3-5-6/h2-5H;1-5,7H. The zero-order valence-electron chi connectivity index (χ0n) is 8.09. The van der Waals surface area contributed by atoms with Gasteiger partial charge in [-0.1, -0.05) is 30.3 Å². The van der Waals surface area contributed by atoms with Crippen molar-refractivity contribution in [2.24, 2.45) is 0 Å². The summed E-state index contributed by atoms with van der Waals surface area (Å²) in [6, 6.07) is 20.4. The lowest BCUT2D eigenvalue weighted by atomic mass is 10.2. The van der Waals surface area contributed by atoms with Crippen LogP contribution < -0.4 is 0 Å². The third-order valence-electron chi connectivity index (χ3n) is 1.60. The second-order valence-electron chi connectivity index (χ2n) is 2.74. The summed E-state index contributed by atoms with van der Waals surface area (Å²) in [6.45, 7) is 0. The molecule has 0 atom stereocenters. The Hall–Kier alpha value is -2.27. The van der Waals surface area contributed by atoms with Crippen LogP contribution in [0.2, 0.25) is 0 Å². The van der Waals surface area contributed by atoms with Crippen LogP contribution in [-0.4, -0.2) is 5.11 Å². The summed E-state index contributed by atoms with van der Waals surface area (Å²) in [6.07, 6.45) is 0. The number of rotatable bonds is 0. The van der Waals surface area contributed by atoms with Gasteiger partial charge in [0.05, 0.1) is 11.6 Å². The Morgan fingerprint density at radius 3 is 1.93 bits per heavy atom. The van der Waals surface area contributed by atoms with Gasteiger partial charge in [0.15, 0.2) is 0 Å². The molecule has 0 amide bonds. The monoisotopic (exact) mass is 196 g/mol. The Labute approximate surface area is 89.0 Å². The maximum absolute atomic E-state index is 8.63. The molecule has 2 nitrogen and oxygen atoms in total. The van der Waals surface area contributed by atoms with Gasteiger partial charge in [-0.3, -0.25) is 0 Å². The van der Waals surface area contributed by atoms with Gasteiger partial charge >= 0.3 is 0 Å². The molecule has 15 heavy (non-hydrogen) atoms. The van der Waals surface area contributed by atoms with Crippen LogP contribution in [0, 0.1) is 17.4 Å². The minimum Gasteiger partial charge on any atom is -0.508 e. The average Bonchev–Trinajstić information content (AvgIpc) is 2.32. The molecule has 0 aliphatic carbocycles. The van der Waals surface area contributed by atoms with E-state index in [0.717, 1.165) is 0 Å². The summed E-state index contributed by atoms with van der Waals surface area (Å²) >= 11 is 0. The van der Waals surface area contributed by atoms with Crippen LogP contribution in [0.15, 0.2) is 54.6 Å². The lowest BCUT2D eigenvalue weighted by Gasteiger charge is -1.82. The zero-order chi connectivity index (χ0) is 10.9. The average molecular weight is 196 g/mol. The first kappa shape index (κ1) is 10.8. The van der Waals surface area contributed by atoms with Crippen LogP contribution in [-0.2, 0) is 0 Å². The molecule has 2 rings (SSSR count). The Kier molecular flexibility index (Phi) is 4.49. The number of benzene rings is 2. The molecule has 0 heterocycles. The summed E-state index contributed by atoms with van der Waals surface area (Å²) in [5.74, 6) is 0.322. The Bertz CT molecular complexity index is 417. The molecule has 1 N–H and O–H groups in total. The molecule has 0 aromatic heterocycles. The van der Waals surface area contributed by atoms with E-state index in [-0.39, 0.29) is 0 Å². The summed E-state index contributed by atoms with van der Waals surface area (Å²) < 4.78 is 0. The van der Waals surface area contributed by atoms with Crippen LogP contribution in [0.5, 0.6) is 5.75 Å². The van der Waals surface area contributed by atoms with Gasteiger partial charge in [-0.2, -0.15) is 5.26 Å². The summed E-state index contributed by atoms with van der Waals surface area (Å²) in [7, 11) is 0. The van der Waals surface area contributed by atoms with Crippen molar-refractivity contribution in [1.82, 2.24) is 0 Å². The van der Waals surface area contributed by atoms with Crippen LogP contribution in [0.3, 0.4) is 0 Å². The summed E-state index contributed by atoms with van der Waals surface area (Å²) in [4.78, 5) is 0. The highest BCUT2D eigenvalue weighted by Gasteiger charge is 1.80. The van der Waals surface area contributed by atoms with E-state index in [1.165, 1.54) is 0 Å². The van der Waals surface area contributed by atoms with E-state index in [2.05, 4.69) is 6.07 Å². The number of hydrogen-bond donors (Lipinski definition) is 1. The molecule has 73 valence electrons. The van der Waals surface area contributed by atoms with E-state index < -0.39 is 0 Å². The highest BCUT2D eigenvalue weighted by molar-refractivity contribution is 5.26. The van der Waals surface area contributed by atoms with Crippen molar-refractivity contribution in [3.8, 4) is 11.8 Å². The van der Waals surface area contributed by atoms with Gasteiger partial charge in [-0.25, -0.2) is 0 Å². The third kappa shape index (κ3) is 4.49. The molecule has 0 saturated carbocycles. The van der Waals surface area contributed by atoms with E-state index in [1.807, 2.05) is 12.1 Å². The first-order valence-corrected chi connectivity index (χ1v) is 4.43. The maximum atomic E-state index is 8.63. The molecule has 2 aromatic carbocycles. The predicted octanol–water partition coefficient (Wildman–Crippen LogP) is 2.75. The summed E-state index contributed by atoms with van der Waals surface area (Å²) in [5.41, 5.74) is 0.684.